The molecule has 0 radical (unpaired) electrons. The fourth-order valence-electron chi connectivity index (χ4n) is 3.04. The molecule has 0 bridgehead atoms. The Hall–Kier alpha value is -2.96. The van der Waals surface area contributed by atoms with Crippen molar-refractivity contribution in [3.8, 4) is 11.3 Å². The van der Waals surface area contributed by atoms with E-state index in [1.54, 1.807) is 24.3 Å². The monoisotopic (exact) mass is 381 g/mol. The molecule has 0 aliphatic carbocycles. The molecule has 6 heteroatoms. The van der Waals surface area contributed by atoms with Gasteiger partial charge in [-0.3, -0.25) is 9.59 Å². The summed E-state index contributed by atoms with van der Waals surface area (Å²) in [5.74, 6) is 0.249. The molecule has 1 aromatic heterocycles. The number of amides is 1. The third-order valence-electron chi connectivity index (χ3n) is 4.36. The molecule has 0 saturated carbocycles. The van der Waals surface area contributed by atoms with Crippen molar-refractivity contribution in [2.24, 2.45) is 0 Å². The van der Waals surface area contributed by atoms with Gasteiger partial charge in [-0.1, -0.05) is 18.2 Å². The average Bonchev–Trinajstić information content (AvgIpc) is 2.68. The lowest BCUT2D eigenvalue weighted by Crippen LogP contribution is -2.27. The van der Waals surface area contributed by atoms with Gasteiger partial charge in [0.2, 0.25) is 0 Å². The molecule has 3 rings (SSSR count). The Kier molecular flexibility index (Phi) is 6.23. The van der Waals surface area contributed by atoms with Gasteiger partial charge in [0.05, 0.1) is 25.2 Å². The number of carbonyl (C=O) groups excluding carboxylic acids is 1. The van der Waals surface area contributed by atoms with Crippen molar-refractivity contribution in [2.75, 3.05) is 26.4 Å². The highest BCUT2D eigenvalue weighted by molar-refractivity contribution is 5.94. The number of nitrogens with one attached hydrogen (secondary N) is 1. The van der Waals surface area contributed by atoms with Crippen LogP contribution in [0.4, 0.5) is 0 Å². The Morgan fingerprint density at radius 3 is 2.57 bits per heavy atom. The van der Waals surface area contributed by atoms with Crippen molar-refractivity contribution in [3.05, 3.63) is 69.4 Å². The van der Waals surface area contributed by atoms with Crippen molar-refractivity contribution in [1.29, 1.82) is 0 Å². The first kappa shape index (κ1) is 19.8. The van der Waals surface area contributed by atoms with Crippen molar-refractivity contribution in [3.63, 3.8) is 0 Å². The summed E-state index contributed by atoms with van der Waals surface area (Å²) in [6.45, 7) is 4.77. The number of aryl methyl sites for hydroxylation is 2. The van der Waals surface area contributed by atoms with Crippen LogP contribution in [0.15, 0.2) is 51.7 Å². The number of rotatable bonds is 7. The quantitative estimate of drug-likeness (QED) is 0.615. The number of ether oxygens (including phenoxy) is 1. The topological polar surface area (TPSA) is 88.8 Å². The van der Waals surface area contributed by atoms with Crippen LogP contribution < -0.4 is 10.7 Å². The summed E-state index contributed by atoms with van der Waals surface area (Å²) in [5, 5.41) is 12.0. The van der Waals surface area contributed by atoms with Gasteiger partial charge in [0, 0.05) is 23.7 Å². The molecule has 6 nitrogen and oxygen atoms in total. The Morgan fingerprint density at radius 1 is 1.11 bits per heavy atom. The van der Waals surface area contributed by atoms with Crippen molar-refractivity contribution >= 4 is 16.9 Å². The van der Waals surface area contributed by atoms with Crippen LogP contribution in [0.3, 0.4) is 0 Å². The molecule has 0 spiro atoms. The van der Waals surface area contributed by atoms with E-state index in [0.29, 0.717) is 35.4 Å². The zero-order valence-electron chi connectivity index (χ0n) is 16.0. The fourth-order valence-corrected chi connectivity index (χ4v) is 3.04. The van der Waals surface area contributed by atoms with Gasteiger partial charge in [0.15, 0.2) is 5.43 Å². The predicted molar refractivity (Wildman–Crippen MR) is 108 cm³/mol. The van der Waals surface area contributed by atoms with Crippen LogP contribution in [0, 0.1) is 13.8 Å². The molecule has 3 aromatic rings. The Labute approximate surface area is 162 Å². The van der Waals surface area contributed by atoms with Crippen LogP contribution in [-0.2, 0) is 4.74 Å². The largest absolute Gasteiger partial charge is 0.456 e. The molecular formula is C22H23NO5. The zero-order valence-corrected chi connectivity index (χ0v) is 16.0. The molecule has 1 amide bonds. The molecular weight excluding hydrogens is 358 g/mol. The molecule has 0 aliphatic rings. The summed E-state index contributed by atoms with van der Waals surface area (Å²) in [5.41, 5.74) is 3.64. The lowest BCUT2D eigenvalue weighted by Gasteiger charge is -2.08. The van der Waals surface area contributed by atoms with Gasteiger partial charge in [0.25, 0.3) is 5.91 Å². The number of carbonyl (C=O) groups is 1. The lowest BCUT2D eigenvalue weighted by molar-refractivity contribution is 0.0838. The summed E-state index contributed by atoms with van der Waals surface area (Å²) in [7, 11) is 0. The highest BCUT2D eigenvalue weighted by Gasteiger charge is 2.11. The van der Waals surface area contributed by atoms with Crippen LogP contribution in [0.1, 0.15) is 21.5 Å². The van der Waals surface area contributed by atoms with Gasteiger partial charge in [-0.05, 0) is 43.2 Å². The Balaban J connectivity index is 1.78. The van der Waals surface area contributed by atoms with Crippen LogP contribution >= 0.6 is 0 Å². The van der Waals surface area contributed by atoms with E-state index in [0.717, 1.165) is 16.7 Å². The van der Waals surface area contributed by atoms with Crippen molar-refractivity contribution in [1.82, 2.24) is 5.32 Å². The molecule has 0 atom stereocenters. The van der Waals surface area contributed by atoms with E-state index >= 15 is 0 Å². The van der Waals surface area contributed by atoms with E-state index in [-0.39, 0.29) is 24.5 Å². The van der Waals surface area contributed by atoms with Gasteiger partial charge in [-0.25, -0.2) is 0 Å². The van der Waals surface area contributed by atoms with E-state index < -0.39 is 0 Å². The number of benzene rings is 2. The third kappa shape index (κ3) is 4.47. The Bertz CT molecular complexity index is 1040. The van der Waals surface area contributed by atoms with E-state index in [1.165, 1.54) is 6.07 Å². The highest BCUT2D eigenvalue weighted by Crippen LogP contribution is 2.25. The maximum atomic E-state index is 12.5. The second-order valence-electron chi connectivity index (χ2n) is 6.60. The van der Waals surface area contributed by atoms with Gasteiger partial charge >= 0.3 is 0 Å². The zero-order chi connectivity index (χ0) is 20.1. The summed E-state index contributed by atoms with van der Waals surface area (Å²) in [6, 6.07) is 12.2. The summed E-state index contributed by atoms with van der Waals surface area (Å²) >= 11 is 0. The molecule has 2 aromatic carbocycles. The maximum absolute atomic E-state index is 12.5. The smallest absolute Gasteiger partial charge is 0.251 e. The molecule has 28 heavy (non-hydrogen) atoms. The second kappa shape index (κ2) is 8.82. The SMILES string of the molecule is Cc1cc(C)c2oc(-c3ccc(C(=O)NCCOCCO)cc3)cc(=O)c2c1. The molecule has 146 valence electrons. The minimum Gasteiger partial charge on any atom is -0.456 e. The standard InChI is InChI=1S/C22H23NO5/c1-14-11-15(2)21-18(12-14)19(25)13-20(28-21)16-3-5-17(6-4-16)22(26)23-7-9-27-10-8-24/h3-6,11-13,24H,7-10H2,1-2H3,(H,23,26). The van der Waals surface area contributed by atoms with E-state index in [9.17, 15) is 9.59 Å². The van der Waals surface area contributed by atoms with Gasteiger partial charge in [-0.2, -0.15) is 0 Å². The highest BCUT2D eigenvalue weighted by atomic mass is 16.5. The van der Waals surface area contributed by atoms with Crippen LogP contribution in [-0.4, -0.2) is 37.4 Å². The number of aliphatic hydroxyl groups is 1. The van der Waals surface area contributed by atoms with Gasteiger partial charge in [-0.15, -0.1) is 0 Å². The second-order valence-corrected chi connectivity index (χ2v) is 6.60. The van der Waals surface area contributed by atoms with Gasteiger partial charge < -0.3 is 19.6 Å². The minimum atomic E-state index is -0.217. The molecule has 0 fully saturated rings. The normalized spacial score (nSPS) is 11.0. The first-order valence-electron chi connectivity index (χ1n) is 9.12. The van der Waals surface area contributed by atoms with E-state index in [2.05, 4.69) is 5.32 Å². The number of hydrogen-bond donors (Lipinski definition) is 2. The minimum absolute atomic E-state index is 0.0422. The first-order valence-corrected chi connectivity index (χ1v) is 9.12. The average molecular weight is 381 g/mol. The molecule has 0 unspecified atom stereocenters. The molecule has 0 saturated heterocycles. The van der Waals surface area contributed by atoms with Gasteiger partial charge in [0.1, 0.15) is 11.3 Å². The summed E-state index contributed by atoms with van der Waals surface area (Å²) in [4.78, 5) is 24.6. The van der Waals surface area contributed by atoms with E-state index in [4.69, 9.17) is 14.3 Å². The van der Waals surface area contributed by atoms with Crippen molar-refractivity contribution < 1.29 is 19.1 Å². The molecule has 0 aliphatic heterocycles. The number of fused-ring (bicyclic) bond motifs is 1. The number of aliphatic hydroxyl groups excluding tert-OH is 1. The summed E-state index contributed by atoms with van der Waals surface area (Å²) < 4.78 is 11.1. The Morgan fingerprint density at radius 2 is 1.86 bits per heavy atom. The lowest BCUT2D eigenvalue weighted by atomic mass is 10.1. The molecule has 1 heterocycles. The maximum Gasteiger partial charge on any atom is 0.251 e. The predicted octanol–water partition coefficient (Wildman–Crippen LogP) is 2.82. The van der Waals surface area contributed by atoms with Crippen LogP contribution in [0.5, 0.6) is 0 Å². The van der Waals surface area contributed by atoms with Crippen LogP contribution in [0.25, 0.3) is 22.3 Å². The van der Waals surface area contributed by atoms with E-state index in [1.807, 2.05) is 26.0 Å². The fraction of sp³-hybridized carbons (Fsp3) is 0.273. The third-order valence-corrected chi connectivity index (χ3v) is 4.36. The van der Waals surface area contributed by atoms with Crippen LogP contribution in [0.2, 0.25) is 0 Å². The molecule has 2 N–H and O–H groups in total. The first-order chi connectivity index (χ1) is 13.5. The number of hydrogen-bond acceptors (Lipinski definition) is 5. The summed E-state index contributed by atoms with van der Waals surface area (Å²) in [6.07, 6.45) is 0. The van der Waals surface area contributed by atoms with Crippen molar-refractivity contribution in [2.45, 2.75) is 13.8 Å².